The van der Waals surface area contributed by atoms with Gasteiger partial charge in [-0.1, -0.05) is 81.6 Å². The van der Waals surface area contributed by atoms with E-state index in [1.54, 1.807) is 83.6 Å². The summed E-state index contributed by atoms with van der Waals surface area (Å²) >= 11 is 0. The number of para-hydroxylation sites is 3. The second-order valence-corrected chi connectivity index (χ2v) is 26.9. The number of carbonyl (C=O) groups excluding carboxylic acids is 6. The molecule has 16 nitrogen and oxygen atoms in total. The number of Topliss-reactive ketones (excluding diaryl/α,β-unsaturated/α-hetero) is 1. The summed E-state index contributed by atoms with van der Waals surface area (Å²) in [4.78, 5) is 96.1. The first-order valence-electron chi connectivity index (χ1n) is 32.3. The number of hydrogen-bond donors (Lipinski definition) is 1. The molecule has 9 rings (SSSR count). The third-order valence-electron chi connectivity index (χ3n) is 14.6. The highest BCUT2D eigenvalue weighted by molar-refractivity contribution is 6.09. The minimum atomic E-state index is -1.33. The largest absolute Gasteiger partial charge is 0.478 e. The van der Waals surface area contributed by atoms with E-state index in [4.69, 9.17) is 25.1 Å². The molecular formula is C82H95N3O13. The second kappa shape index (κ2) is 33.5. The molecule has 0 atom stereocenters. The maximum Gasteiger partial charge on any atom is 0.350 e. The number of carbonyl (C=O) groups is 7. The summed E-state index contributed by atoms with van der Waals surface area (Å²) < 4.78 is 34.3. The number of carboxylic acid groups (broad SMARTS) is 1. The summed E-state index contributed by atoms with van der Waals surface area (Å²) in [6, 6.07) is 39.7. The van der Waals surface area contributed by atoms with Crippen molar-refractivity contribution < 1.29 is 63.7 Å². The van der Waals surface area contributed by atoms with Crippen LogP contribution in [0.15, 0.2) is 158 Å². The Morgan fingerprint density at radius 2 is 0.694 bits per heavy atom. The molecule has 0 bridgehead atoms. The van der Waals surface area contributed by atoms with Crippen LogP contribution in [-0.4, -0.2) is 89.6 Å². The number of ether oxygens (including phenoxy) is 5. The number of fused-ring (bicyclic) bond motifs is 3. The predicted octanol–water partition coefficient (Wildman–Crippen LogP) is 18.6. The monoisotopic (exact) mass is 1330 g/mol. The van der Waals surface area contributed by atoms with Crippen molar-refractivity contribution >= 4 is 86.4 Å². The highest BCUT2D eigenvalue weighted by atomic mass is 16.6. The van der Waals surface area contributed by atoms with Crippen molar-refractivity contribution in [1.29, 1.82) is 0 Å². The van der Waals surface area contributed by atoms with Gasteiger partial charge in [0.05, 0.1) is 16.6 Å². The standard InChI is InChI=1S/C28H31NO4.C24H23NO4.C17H24O4.C11H9NO.2CH4/c1-18-14-20(12-13-24(30)22-16-21-10-8-9-11-23(21)29-17-22)15-19(2)25(18)32-28(6,7)26(31)33-27(3,4)5;1-15-11-17(12-16(2)22(15)29-24(3,4)23(27)28)9-10-21(26)19-13-18-7-5-6-8-20(18)25-14-19;1-11-8-13(10-18)9-12(2)14(11)20-17(6,7)15(19)21-16(3,4)5;1-8(13)10-6-9-4-2-3-5-11(9)12-7-10;;/h8-17H,1-7H3;5-14H,1-4H3,(H,27,28);8-10H,1-7H3;2-7H,1H3;2*1H4/b13-12+;10-9+;;;;/i;;;;1T;. The Morgan fingerprint density at radius 3 is 0.980 bits per heavy atom. The number of allylic oxidation sites excluding steroid dienone is 2. The molecule has 0 fully saturated rings. The molecule has 0 unspecified atom stereocenters. The number of hydrogen-bond acceptors (Lipinski definition) is 15. The SMILES string of the molecule is C.CC(=O)c1cnc2ccccc2c1.Cc1cc(/C=C/C(=O)c2cnc3ccccc3c2)cc(C)c1OC(C)(C)C(=O)O.Cc1cc(/C=C/C(=O)c2cnc3ccccc3c2)cc(C)c1OC(C)(C)C(=O)OC(C)(C)C.Cc1cc(C=O)cc(C)c1OC(C)(C)C(=O)OC(C)(C)C.[3H]C. The van der Waals surface area contributed by atoms with Crippen molar-refractivity contribution in [2.75, 3.05) is 0 Å². The van der Waals surface area contributed by atoms with Crippen LogP contribution in [0.3, 0.4) is 0 Å². The number of aromatic nitrogens is 3. The van der Waals surface area contributed by atoms with E-state index < -0.39 is 45.9 Å². The molecule has 0 aliphatic rings. The lowest BCUT2D eigenvalue weighted by Gasteiger charge is -2.30. The molecule has 9 aromatic rings. The van der Waals surface area contributed by atoms with E-state index in [1.807, 2.05) is 198 Å². The second-order valence-electron chi connectivity index (χ2n) is 26.9. The maximum absolute atomic E-state index is 12.7. The molecular weight excluding hydrogens is 1230 g/mol. The van der Waals surface area contributed by atoms with Crippen LogP contribution in [-0.2, 0) is 23.9 Å². The summed E-state index contributed by atoms with van der Waals surface area (Å²) in [5, 5.41) is 12.1. The minimum absolute atomic E-state index is 0. The number of carboxylic acids is 1. The Kier molecular flexibility index (Phi) is 26.7. The predicted molar refractivity (Wildman–Crippen MR) is 392 cm³/mol. The Balaban J connectivity index is 0.000000289. The molecule has 16 heteroatoms. The Bertz CT molecular complexity index is 4400. The zero-order valence-electron chi connectivity index (χ0n) is 60.4. The molecule has 516 valence electrons. The van der Waals surface area contributed by atoms with Crippen molar-refractivity contribution in [2.24, 2.45) is 0 Å². The van der Waals surface area contributed by atoms with Gasteiger partial charge in [0.2, 0.25) is 0 Å². The summed E-state index contributed by atoms with van der Waals surface area (Å²) in [5.41, 5.74) is 6.89. The lowest BCUT2D eigenvalue weighted by Crippen LogP contribution is -2.43. The maximum atomic E-state index is 12.7. The van der Waals surface area contributed by atoms with Gasteiger partial charge in [-0.3, -0.25) is 34.1 Å². The van der Waals surface area contributed by atoms with Gasteiger partial charge in [0.25, 0.3) is 0 Å². The molecule has 0 radical (unpaired) electrons. The summed E-state index contributed by atoms with van der Waals surface area (Å²) in [6.45, 7) is 33.5. The summed E-state index contributed by atoms with van der Waals surface area (Å²) in [6.07, 6.45) is 12.2. The fourth-order valence-electron chi connectivity index (χ4n) is 9.60. The molecule has 0 saturated heterocycles. The Morgan fingerprint density at radius 1 is 0.418 bits per heavy atom. The lowest BCUT2D eigenvalue weighted by molar-refractivity contribution is -0.171. The highest BCUT2D eigenvalue weighted by Crippen LogP contribution is 2.33. The minimum Gasteiger partial charge on any atom is -0.478 e. The van der Waals surface area contributed by atoms with Gasteiger partial charge in [-0.15, -0.1) is 0 Å². The number of aryl methyl sites for hydroxylation is 6. The first-order valence-corrected chi connectivity index (χ1v) is 31.3. The van der Waals surface area contributed by atoms with E-state index in [2.05, 4.69) is 15.0 Å². The molecule has 0 amide bonds. The van der Waals surface area contributed by atoms with Crippen molar-refractivity contribution in [3.05, 3.63) is 225 Å². The number of esters is 2. The first kappa shape index (κ1) is 78.2. The number of pyridine rings is 3. The van der Waals surface area contributed by atoms with Crippen LogP contribution in [0.25, 0.3) is 44.9 Å². The van der Waals surface area contributed by atoms with Gasteiger partial charge in [0.1, 0.15) is 34.7 Å². The topological polar surface area (TPSA) is 225 Å². The average molecular weight is 1330 g/mol. The molecule has 1 N–H and O–H groups in total. The molecule has 0 spiro atoms. The van der Waals surface area contributed by atoms with Gasteiger partial charge in [-0.2, -0.15) is 0 Å². The normalized spacial score (nSPS) is 11.6. The van der Waals surface area contributed by atoms with Crippen LogP contribution in [0.4, 0.5) is 0 Å². The lowest BCUT2D eigenvalue weighted by atomic mass is 10.0. The van der Waals surface area contributed by atoms with Crippen LogP contribution < -0.4 is 14.2 Å². The molecule has 98 heavy (non-hydrogen) atoms. The van der Waals surface area contributed by atoms with E-state index in [1.165, 1.54) is 27.3 Å². The van der Waals surface area contributed by atoms with E-state index in [-0.39, 0.29) is 24.8 Å². The van der Waals surface area contributed by atoms with Gasteiger partial charge in [-0.25, -0.2) is 14.4 Å². The fraction of sp³-hybridized carbons (Fsp3) is 0.317. The average Bonchev–Trinajstić information content (AvgIpc) is 0.816. The van der Waals surface area contributed by atoms with Gasteiger partial charge in [0, 0.05) is 58.4 Å². The quantitative estimate of drug-likeness (QED) is 0.0387. The molecule has 6 aromatic carbocycles. The summed E-state index contributed by atoms with van der Waals surface area (Å²) in [5.74, 6) is -0.293. The number of benzene rings is 6. The van der Waals surface area contributed by atoms with Crippen molar-refractivity contribution in [1.82, 2.24) is 15.0 Å². The van der Waals surface area contributed by atoms with Gasteiger partial charge >= 0.3 is 17.9 Å². The third kappa shape index (κ3) is 22.6. The number of aldehydes is 1. The Hall–Kier alpha value is -10.5. The number of rotatable bonds is 17. The summed E-state index contributed by atoms with van der Waals surface area (Å²) in [7, 11) is 1.25. The molecule has 0 aliphatic carbocycles. The van der Waals surface area contributed by atoms with Crippen molar-refractivity contribution in [3.8, 4) is 17.2 Å². The van der Waals surface area contributed by atoms with E-state index >= 15 is 0 Å². The Labute approximate surface area is 578 Å². The zero-order valence-corrected chi connectivity index (χ0v) is 59.4. The smallest absolute Gasteiger partial charge is 0.350 e. The number of nitrogens with zero attached hydrogens (tertiary/aromatic N) is 3. The molecule has 0 saturated carbocycles. The molecule has 3 heterocycles. The highest BCUT2D eigenvalue weighted by Gasteiger charge is 2.37. The van der Waals surface area contributed by atoms with Crippen LogP contribution in [0.2, 0.25) is 0 Å². The zero-order chi connectivity index (χ0) is 73.3. The van der Waals surface area contributed by atoms with Gasteiger partial charge in [-0.05, 0) is 261 Å². The fourth-order valence-corrected chi connectivity index (χ4v) is 9.60. The van der Waals surface area contributed by atoms with Crippen LogP contribution in [0.5, 0.6) is 17.2 Å². The molecule has 3 aromatic heterocycles. The van der Waals surface area contributed by atoms with E-state index in [9.17, 15) is 38.7 Å². The number of aliphatic carboxylic acids is 1. The van der Waals surface area contributed by atoms with E-state index in [0.717, 1.165) is 83.5 Å². The van der Waals surface area contributed by atoms with Gasteiger partial charge in [0.15, 0.2) is 34.2 Å². The number of ketones is 3. The third-order valence-corrected chi connectivity index (χ3v) is 14.6. The van der Waals surface area contributed by atoms with Crippen molar-refractivity contribution in [2.45, 2.75) is 174 Å². The van der Waals surface area contributed by atoms with Crippen LogP contribution in [0, 0.1) is 41.5 Å². The van der Waals surface area contributed by atoms with Gasteiger partial charge < -0.3 is 28.8 Å². The van der Waals surface area contributed by atoms with Crippen molar-refractivity contribution in [3.63, 3.8) is 0 Å². The van der Waals surface area contributed by atoms with Crippen LogP contribution >= 0.6 is 0 Å². The van der Waals surface area contributed by atoms with E-state index in [0.29, 0.717) is 39.5 Å². The first-order chi connectivity index (χ1) is 45.8. The molecule has 0 aliphatic heterocycles. The van der Waals surface area contributed by atoms with Crippen LogP contribution in [0.1, 0.15) is 192 Å².